The molecule has 142 valence electrons. The van der Waals surface area contributed by atoms with Crippen molar-refractivity contribution in [3.8, 4) is 11.8 Å². The fourth-order valence-electron chi connectivity index (χ4n) is 2.66. The second-order valence-corrected chi connectivity index (χ2v) is 6.16. The van der Waals surface area contributed by atoms with Crippen LogP contribution in [0.1, 0.15) is 38.8 Å². The standard InChI is InChI=1S/C20H18N4O4/c1-11-12(2)28-20(15(11)10-21)24-19(26)16-9-18(25)23-17(22-16)8-13-4-6-14(27-3)7-5-13/h4-7,9H,8H2,1-3H3,(H,24,26)(H,22,23,25). The Labute approximate surface area is 160 Å². The van der Waals surface area contributed by atoms with Crippen LogP contribution in [0.5, 0.6) is 5.75 Å². The summed E-state index contributed by atoms with van der Waals surface area (Å²) in [5.41, 5.74) is 1.27. The molecule has 0 spiro atoms. The van der Waals surface area contributed by atoms with Crippen molar-refractivity contribution in [2.75, 3.05) is 12.4 Å². The monoisotopic (exact) mass is 378 g/mol. The van der Waals surface area contributed by atoms with Gasteiger partial charge in [-0.1, -0.05) is 12.1 Å². The highest BCUT2D eigenvalue weighted by molar-refractivity contribution is 6.02. The number of furan rings is 1. The first kappa shape index (κ1) is 18.9. The number of methoxy groups -OCH3 is 1. The third kappa shape index (κ3) is 3.94. The van der Waals surface area contributed by atoms with Crippen molar-refractivity contribution in [1.82, 2.24) is 9.97 Å². The van der Waals surface area contributed by atoms with Gasteiger partial charge >= 0.3 is 0 Å². The van der Waals surface area contributed by atoms with Gasteiger partial charge in [0.2, 0.25) is 5.88 Å². The summed E-state index contributed by atoms with van der Waals surface area (Å²) < 4.78 is 10.5. The zero-order valence-corrected chi connectivity index (χ0v) is 15.6. The smallest absolute Gasteiger partial charge is 0.276 e. The highest BCUT2D eigenvalue weighted by Gasteiger charge is 2.19. The summed E-state index contributed by atoms with van der Waals surface area (Å²) in [4.78, 5) is 31.4. The van der Waals surface area contributed by atoms with Gasteiger partial charge < -0.3 is 14.1 Å². The first-order valence-corrected chi connectivity index (χ1v) is 8.46. The normalized spacial score (nSPS) is 10.4. The molecule has 8 heteroatoms. The topological polar surface area (TPSA) is 121 Å². The number of anilines is 1. The Morgan fingerprint density at radius 3 is 2.68 bits per heavy atom. The SMILES string of the molecule is COc1ccc(Cc2nc(C(=O)Nc3oc(C)c(C)c3C#N)cc(=O)[nH]2)cc1. The molecule has 2 aromatic heterocycles. The maximum Gasteiger partial charge on any atom is 0.276 e. The lowest BCUT2D eigenvalue weighted by molar-refractivity contribution is 0.101. The maximum absolute atomic E-state index is 12.5. The van der Waals surface area contributed by atoms with Crippen LogP contribution in [-0.2, 0) is 6.42 Å². The van der Waals surface area contributed by atoms with E-state index in [2.05, 4.69) is 15.3 Å². The van der Waals surface area contributed by atoms with E-state index >= 15 is 0 Å². The minimum atomic E-state index is -0.632. The van der Waals surface area contributed by atoms with Crippen LogP contribution < -0.4 is 15.6 Å². The number of rotatable bonds is 5. The zero-order valence-electron chi connectivity index (χ0n) is 15.6. The van der Waals surface area contributed by atoms with Crippen LogP contribution in [-0.4, -0.2) is 23.0 Å². The summed E-state index contributed by atoms with van der Waals surface area (Å²) in [6.45, 7) is 3.43. The van der Waals surface area contributed by atoms with Crippen LogP contribution in [0.15, 0.2) is 39.5 Å². The van der Waals surface area contributed by atoms with Gasteiger partial charge in [0.15, 0.2) is 0 Å². The van der Waals surface area contributed by atoms with Crippen molar-refractivity contribution in [3.05, 3.63) is 74.7 Å². The molecule has 0 aliphatic heterocycles. The van der Waals surface area contributed by atoms with E-state index in [1.165, 1.54) is 0 Å². The molecule has 0 saturated heterocycles. The van der Waals surface area contributed by atoms with Gasteiger partial charge in [-0.2, -0.15) is 5.26 Å². The summed E-state index contributed by atoms with van der Waals surface area (Å²) >= 11 is 0. The predicted molar refractivity (Wildman–Crippen MR) is 102 cm³/mol. The lowest BCUT2D eigenvalue weighted by Crippen LogP contribution is -2.20. The number of nitrogens with zero attached hydrogens (tertiary/aromatic N) is 2. The quantitative estimate of drug-likeness (QED) is 0.704. The predicted octanol–water partition coefficient (Wildman–Crippen LogP) is 2.70. The molecular formula is C20H18N4O4. The van der Waals surface area contributed by atoms with Gasteiger partial charge in [-0.05, 0) is 31.5 Å². The number of nitrogens with one attached hydrogen (secondary N) is 2. The van der Waals surface area contributed by atoms with Gasteiger partial charge in [-0.3, -0.25) is 14.9 Å². The Bertz CT molecular complexity index is 1120. The number of aryl methyl sites for hydroxylation is 1. The lowest BCUT2D eigenvalue weighted by Gasteiger charge is -2.06. The molecule has 8 nitrogen and oxygen atoms in total. The van der Waals surface area contributed by atoms with E-state index in [0.717, 1.165) is 17.4 Å². The molecular weight excluding hydrogens is 360 g/mol. The van der Waals surface area contributed by atoms with E-state index in [9.17, 15) is 14.9 Å². The van der Waals surface area contributed by atoms with Crippen LogP contribution in [0.2, 0.25) is 0 Å². The summed E-state index contributed by atoms with van der Waals surface area (Å²) in [6.07, 6.45) is 0.336. The first-order valence-electron chi connectivity index (χ1n) is 8.46. The third-order valence-corrected chi connectivity index (χ3v) is 4.28. The van der Waals surface area contributed by atoms with Crippen molar-refractivity contribution < 1.29 is 13.9 Å². The number of carbonyl (C=O) groups excluding carboxylic acids is 1. The largest absolute Gasteiger partial charge is 0.497 e. The molecule has 0 fully saturated rings. The molecule has 3 aromatic rings. The number of H-pyrrole nitrogens is 1. The van der Waals surface area contributed by atoms with Crippen LogP contribution in [0.25, 0.3) is 0 Å². The van der Waals surface area contributed by atoms with Gasteiger partial charge in [0.1, 0.15) is 34.7 Å². The molecule has 1 amide bonds. The molecule has 2 N–H and O–H groups in total. The third-order valence-electron chi connectivity index (χ3n) is 4.28. The van der Waals surface area contributed by atoms with Crippen molar-refractivity contribution >= 4 is 11.8 Å². The number of nitriles is 1. The second-order valence-electron chi connectivity index (χ2n) is 6.16. The number of hydrogen-bond acceptors (Lipinski definition) is 6. The van der Waals surface area contributed by atoms with Gasteiger partial charge in [-0.15, -0.1) is 0 Å². The van der Waals surface area contributed by atoms with E-state index in [1.54, 1.807) is 33.1 Å². The maximum atomic E-state index is 12.5. The van der Waals surface area contributed by atoms with E-state index in [1.807, 2.05) is 18.2 Å². The molecule has 0 radical (unpaired) electrons. The number of ether oxygens (including phenoxy) is 1. The fraction of sp³-hybridized carbons (Fsp3) is 0.200. The van der Waals surface area contributed by atoms with Crippen molar-refractivity contribution in [2.24, 2.45) is 0 Å². The summed E-state index contributed by atoms with van der Waals surface area (Å²) in [5, 5.41) is 11.8. The first-order chi connectivity index (χ1) is 13.4. The second kappa shape index (κ2) is 7.80. The molecule has 28 heavy (non-hydrogen) atoms. The van der Waals surface area contributed by atoms with Crippen molar-refractivity contribution in [3.63, 3.8) is 0 Å². The van der Waals surface area contributed by atoms with Crippen LogP contribution in [0.3, 0.4) is 0 Å². The number of benzene rings is 1. The zero-order chi connectivity index (χ0) is 20.3. The molecule has 2 heterocycles. The molecule has 0 saturated carbocycles. The Morgan fingerprint density at radius 2 is 2.04 bits per heavy atom. The number of aromatic amines is 1. The Morgan fingerprint density at radius 1 is 1.32 bits per heavy atom. The van der Waals surface area contributed by atoms with Crippen LogP contribution >= 0.6 is 0 Å². The highest BCUT2D eigenvalue weighted by atomic mass is 16.5. The number of carbonyl (C=O) groups is 1. The summed E-state index contributed by atoms with van der Waals surface area (Å²) in [6, 6.07) is 10.4. The van der Waals surface area contributed by atoms with E-state index < -0.39 is 11.5 Å². The number of hydrogen-bond donors (Lipinski definition) is 2. The van der Waals surface area contributed by atoms with Crippen LogP contribution in [0.4, 0.5) is 5.88 Å². The molecule has 0 aliphatic rings. The average molecular weight is 378 g/mol. The van der Waals surface area contributed by atoms with Crippen LogP contribution in [0, 0.1) is 25.2 Å². The molecule has 1 aromatic carbocycles. The molecule has 0 unspecified atom stereocenters. The van der Waals surface area contributed by atoms with Crippen molar-refractivity contribution in [2.45, 2.75) is 20.3 Å². The number of amides is 1. The van der Waals surface area contributed by atoms with Crippen molar-refractivity contribution in [1.29, 1.82) is 5.26 Å². The Kier molecular flexibility index (Phi) is 5.27. The van der Waals surface area contributed by atoms with Gasteiger partial charge in [0.25, 0.3) is 11.5 Å². The van der Waals surface area contributed by atoms with Gasteiger partial charge in [-0.25, -0.2) is 4.98 Å². The highest BCUT2D eigenvalue weighted by Crippen LogP contribution is 2.25. The lowest BCUT2D eigenvalue weighted by atomic mass is 10.1. The van der Waals surface area contributed by atoms with Gasteiger partial charge in [0, 0.05) is 18.1 Å². The van der Waals surface area contributed by atoms with E-state index in [0.29, 0.717) is 23.6 Å². The number of aromatic nitrogens is 2. The Hall–Kier alpha value is -3.86. The molecule has 0 aliphatic carbocycles. The van der Waals surface area contributed by atoms with Gasteiger partial charge in [0.05, 0.1) is 7.11 Å². The molecule has 0 bridgehead atoms. The van der Waals surface area contributed by atoms with E-state index in [4.69, 9.17) is 9.15 Å². The minimum absolute atomic E-state index is 0.0429. The average Bonchev–Trinajstić information content (AvgIpc) is 2.94. The minimum Gasteiger partial charge on any atom is -0.497 e. The fourth-order valence-corrected chi connectivity index (χ4v) is 2.66. The van der Waals surface area contributed by atoms with E-state index in [-0.39, 0.29) is 17.1 Å². The Balaban J connectivity index is 1.84. The molecule has 0 atom stereocenters. The molecule has 3 rings (SSSR count). The summed E-state index contributed by atoms with van der Waals surface area (Å²) in [5.74, 6) is 1.00. The summed E-state index contributed by atoms with van der Waals surface area (Å²) in [7, 11) is 1.58.